The highest BCUT2D eigenvalue weighted by molar-refractivity contribution is 5.06. The van der Waals surface area contributed by atoms with Crippen molar-refractivity contribution in [1.29, 1.82) is 0 Å². The van der Waals surface area contributed by atoms with Crippen molar-refractivity contribution in [3.05, 3.63) is 11.6 Å². The summed E-state index contributed by atoms with van der Waals surface area (Å²) in [6.07, 6.45) is 3.70. The Morgan fingerprint density at radius 2 is 2.10 bits per heavy atom. The van der Waals surface area contributed by atoms with Gasteiger partial charge in [0, 0.05) is 0 Å². The second-order valence-corrected chi connectivity index (χ2v) is 3.70. The van der Waals surface area contributed by atoms with E-state index in [1.54, 1.807) is 5.57 Å². The molecule has 0 saturated heterocycles. The second-order valence-electron chi connectivity index (χ2n) is 3.70. The van der Waals surface area contributed by atoms with Crippen LogP contribution in [0.2, 0.25) is 0 Å². The molecule has 0 N–H and O–H groups in total. The van der Waals surface area contributed by atoms with Crippen LogP contribution in [0.4, 0.5) is 0 Å². The summed E-state index contributed by atoms with van der Waals surface area (Å²) in [6, 6.07) is 0. The van der Waals surface area contributed by atoms with Crippen molar-refractivity contribution in [2.24, 2.45) is 17.8 Å². The van der Waals surface area contributed by atoms with Gasteiger partial charge >= 0.3 is 0 Å². The van der Waals surface area contributed by atoms with Crippen molar-refractivity contribution in [3.63, 3.8) is 0 Å². The molecule has 0 bridgehead atoms. The average molecular weight is 138 g/mol. The van der Waals surface area contributed by atoms with Gasteiger partial charge in [-0.25, -0.2) is 0 Å². The van der Waals surface area contributed by atoms with Crippen molar-refractivity contribution >= 4 is 0 Å². The Hall–Kier alpha value is -0.260. The molecular formula is C10H18. The number of hydrogen-bond acceptors (Lipinski definition) is 0. The molecule has 0 radical (unpaired) electrons. The lowest BCUT2D eigenvalue weighted by molar-refractivity contribution is 0.555. The van der Waals surface area contributed by atoms with Crippen molar-refractivity contribution in [2.45, 2.75) is 34.1 Å². The first kappa shape index (κ1) is 7.84. The molecule has 0 aromatic carbocycles. The zero-order valence-electron chi connectivity index (χ0n) is 7.52. The highest BCUT2D eigenvalue weighted by atomic mass is 14.4. The van der Waals surface area contributed by atoms with Crippen molar-refractivity contribution in [1.82, 2.24) is 0 Å². The fourth-order valence-electron chi connectivity index (χ4n) is 1.65. The summed E-state index contributed by atoms with van der Waals surface area (Å²) in [6.45, 7) is 9.09. The third-order valence-corrected chi connectivity index (χ3v) is 2.99. The van der Waals surface area contributed by atoms with Gasteiger partial charge in [-0.1, -0.05) is 25.5 Å². The van der Waals surface area contributed by atoms with Crippen LogP contribution in [0.25, 0.3) is 0 Å². The molecule has 3 unspecified atom stereocenters. The van der Waals surface area contributed by atoms with Gasteiger partial charge in [-0.3, -0.25) is 0 Å². The highest BCUT2D eigenvalue weighted by Gasteiger charge is 2.37. The molecule has 0 heterocycles. The lowest BCUT2D eigenvalue weighted by Crippen LogP contribution is -1.99. The van der Waals surface area contributed by atoms with Gasteiger partial charge in [-0.05, 0) is 38.0 Å². The summed E-state index contributed by atoms with van der Waals surface area (Å²) in [4.78, 5) is 0. The maximum atomic E-state index is 2.35. The Morgan fingerprint density at radius 1 is 1.60 bits per heavy atom. The lowest BCUT2D eigenvalue weighted by atomic mass is 9.96. The summed E-state index contributed by atoms with van der Waals surface area (Å²) in [7, 11) is 0. The van der Waals surface area contributed by atoms with Crippen LogP contribution in [0.3, 0.4) is 0 Å². The normalized spacial score (nSPS) is 35.8. The molecule has 1 rings (SSSR count). The third-order valence-electron chi connectivity index (χ3n) is 2.99. The Bertz CT molecular complexity index is 144. The highest BCUT2D eigenvalue weighted by Crippen LogP contribution is 2.45. The predicted octanol–water partition coefficient (Wildman–Crippen LogP) is 3.24. The third kappa shape index (κ3) is 1.42. The van der Waals surface area contributed by atoms with E-state index in [9.17, 15) is 0 Å². The Morgan fingerprint density at radius 3 is 2.40 bits per heavy atom. The minimum Gasteiger partial charge on any atom is -0.0885 e. The molecule has 1 aliphatic carbocycles. The van der Waals surface area contributed by atoms with E-state index in [-0.39, 0.29) is 0 Å². The zero-order chi connectivity index (χ0) is 7.72. The zero-order valence-corrected chi connectivity index (χ0v) is 7.52. The molecule has 0 aliphatic heterocycles. The maximum Gasteiger partial charge on any atom is -0.0204 e. The van der Waals surface area contributed by atoms with Crippen LogP contribution in [0.5, 0.6) is 0 Å². The topological polar surface area (TPSA) is 0 Å². The van der Waals surface area contributed by atoms with Gasteiger partial charge < -0.3 is 0 Å². The Balaban J connectivity index is 2.42. The largest absolute Gasteiger partial charge is 0.0885 e. The van der Waals surface area contributed by atoms with Crippen molar-refractivity contribution < 1.29 is 0 Å². The lowest BCUT2D eigenvalue weighted by Gasteiger charge is -2.09. The fraction of sp³-hybridized carbons (Fsp3) is 0.800. The summed E-state index contributed by atoms with van der Waals surface area (Å²) in [5.74, 6) is 2.82. The first-order chi connectivity index (χ1) is 4.66. The molecule has 0 spiro atoms. The predicted molar refractivity (Wildman–Crippen MR) is 45.9 cm³/mol. The Kier molecular flexibility index (Phi) is 2.18. The van der Waals surface area contributed by atoms with Crippen LogP contribution in [0, 0.1) is 17.8 Å². The SMILES string of the molecule is CC=C(C)C(C)C1CC1C. The van der Waals surface area contributed by atoms with Crippen molar-refractivity contribution in [3.8, 4) is 0 Å². The van der Waals surface area contributed by atoms with Crippen molar-refractivity contribution in [2.75, 3.05) is 0 Å². The standard InChI is InChI=1S/C10H18/c1-5-7(2)9(4)10-6-8(10)3/h5,8-10H,6H2,1-4H3. The molecule has 0 nitrogen and oxygen atoms in total. The van der Waals surface area contributed by atoms with Crippen LogP contribution in [0.1, 0.15) is 34.1 Å². The number of rotatable bonds is 2. The van der Waals surface area contributed by atoms with E-state index in [0.717, 1.165) is 17.8 Å². The van der Waals surface area contributed by atoms with E-state index in [0.29, 0.717) is 0 Å². The number of hydrogen-bond donors (Lipinski definition) is 0. The van der Waals surface area contributed by atoms with E-state index >= 15 is 0 Å². The fourth-order valence-corrected chi connectivity index (χ4v) is 1.65. The molecule has 1 aliphatic rings. The molecule has 10 heavy (non-hydrogen) atoms. The van der Waals surface area contributed by atoms with Crippen LogP contribution < -0.4 is 0 Å². The van der Waals surface area contributed by atoms with Crippen LogP contribution in [-0.2, 0) is 0 Å². The molecule has 1 saturated carbocycles. The van der Waals surface area contributed by atoms with E-state index in [2.05, 4.69) is 33.8 Å². The molecule has 0 aromatic heterocycles. The molecule has 0 aromatic rings. The van der Waals surface area contributed by atoms with E-state index in [1.165, 1.54) is 6.42 Å². The minimum absolute atomic E-state index is 0.833. The van der Waals surface area contributed by atoms with Gasteiger partial charge in [-0.2, -0.15) is 0 Å². The monoisotopic (exact) mass is 138 g/mol. The van der Waals surface area contributed by atoms with E-state index in [1.807, 2.05) is 0 Å². The van der Waals surface area contributed by atoms with Crippen LogP contribution >= 0.6 is 0 Å². The van der Waals surface area contributed by atoms with Gasteiger partial charge in [0.15, 0.2) is 0 Å². The van der Waals surface area contributed by atoms with Gasteiger partial charge in [0.05, 0.1) is 0 Å². The van der Waals surface area contributed by atoms with Gasteiger partial charge in [-0.15, -0.1) is 0 Å². The second kappa shape index (κ2) is 2.77. The summed E-state index contributed by atoms with van der Waals surface area (Å²) in [5.41, 5.74) is 1.56. The maximum absolute atomic E-state index is 2.35. The minimum atomic E-state index is 0.833. The van der Waals surface area contributed by atoms with E-state index in [4.69, 9.17) is 0 Å². The molecule has 58 valence electrons. The summed E-state index contributed by atoms with van der Waals surface area (Å²) in [5, 5.41) is 0. The summed E-state index contributed by atoms with van der Waals surface area (Å²) < 4.78 is 0. The molecule has 0 heteroatoms. The molecule has 0 amide bonds. The number of allylic oxidation sites excluding steroid dienone is 2. The first-order valence-electron chi connectivity index (χ1n) is 4.29. The quantitative estimate of drug-likeness (QED) is 0.514. The van der Waals surface area contributed by atoms with Crippen LogP contribution in [0.15, 0.2) is 11.6 Å². The average Bonchev–Trinajstić information content (AvgIpc) is 2.63. The molecule has 3 atom stereocenters. The smallest absolute Gasteiger partial charge is 0.0204 e. The first-order valence-corrected chi connectivity index (χ1v) is 4.29. The van der Waals surface area contributed by atoms with Gasteiger partial charge in [0.25, 0.3) is 0 Å². The molecule has 1 fully saturated rings. The molecular weight excluding hydrogens is 120 g/mol. The summed E-state index contributed by atoms with van der Waals surface area (Å²) >= 11 is 0. The van der Waals surface area contributed by atoms with Gasteiger partial charge in [0.2, 0.25) is 0 Å². The van der Waals surface area contributed by atoms with Gasteiger partial charge in [0.1, 0.15) is 0 Å². The van der Waals surface area contributed by atoms with E-state index < -0.39 is 0 Å². The van der Waals surface area contributed by atoms with Crippen LogP contribution in [-0.4, -0.2) is 0 Å². The Labute approximate surface area is 64.3 Å².